The fourth-order valence-corrected chi connectivity index (χ4v) is 3.31. The van der Waals surface area contributed by atoms with Crippen LogP contribution in [-0.4, -0.2) is 21.9 Å². The van der Waals surface area contributed by atoms with E-state index in [0.717, 1.165) is 10.2 Å². The molecular formula is C11H17N3S2. The molecule has 3 nitrogen and oxygen atoms in total. The minimum atomic E-state index is 0.609. The van der Waals surface area contributed by atoms with Crippen LogP contribution in [0.3, 0.4) is 0 Å². The van der Waals surface area contributed by atoms with Crippen molar-refractivity contribution in [2.75, 3.05) is 5.75 Å². The van der Waals surface area contributed by atoms with Gasteiger partial charge >= 0.3 is 0 Å². The molecule has 5 heteroatoms. The molecule has 1 atom stereocenters. The molecule has 0 aliphatic carbocycles. The van der Waals surface area contributed by atoms with Crippen LogP contribution in [0, 0.1) is 6.92 Å². The monoisotopic (exact) mass is 255 g/mol. The van der Waals surface area contributed by atoms with Crippen LogP contribution in [-0.2, 0) is 6.54 Å². The highest BCUT2D eigenvalue weighted by Gasteiger charge is 2.15. The Kier molecular flexibility index (Phi) is 4.23. The zero-order valence-corrected chi connectivity index (χ0v) is 11.3. The lowest BCUT2D eigenvalue weighted by atomic mass is 10.2. The third-order valence-corrected chi connectivity index (χ3v) is 4.41. The number of hydrogen-bond donors (Lipinski definition) is 1. The van der Waals surface area contributed by atoms with E-state index >= 15 is 0 Å². The van der Waals surface area contributed by atoms with Crippen LogP contribution in [0.2, 0.25) is 0 Å². The van der Waals surface area contributed by atoms with E-state index in [1.54, 1.807) is 11.3 Å². The van der Waals surface area contributed by atoms with Crippen molar-refractivity contribution in [2.24, 2.45) is 4.99 Å². The quantitative estimate of drug-likeness (QED) is 0.902. The van der Waals surface area contributed by atoms with E-state index in [9.17, 15) is 0 Å². The van der Waals surface area contributed by atoms with Crippen LogP contribution in [0.15, 0.2) is 11.2 Å². The highest BCUT2D eigenvalue weighted by Crippen LogP contribution is 2.17. The Labute approximate surface area is 105 Å². The standard InChI is InChI=1S/C11H17N3S2/c1-3-9-4-5-15-11(14-9)13-7-10-12-6-8(2)16-10/h6,9H,3-5,7H2,1-2H3,(H,13,14). The predicted octanol–water partition coefficient (Wildman–Crippen LogP) is 2.81. The van der Waals surface area contributed by atoms with Crippen LogP contribution in [0.1, 0.15) is 29.7 Å². The maximum Gasteiger partial charge on any atom is 0.157 e. The number of aliphatic imine (C=N–C) groups is 1. The summed E-state index contributed by atoms with van der Waals surface area (Å²) in [6, 6.07) is 0.609. The van der Waals surface area contributed by atoms with Crippen LogP contribution in [0.4, 0.5) is 0 Å². The number of thiazole rings is 1. The van der Waals surface area contributed by atoms with Gasteiger partial charge in [-0.25, -0.2) is 4.98 Å². The number of hydrogen-bond acceptors (Lipinski definition) is 4. The van der Waals surface area contributed by atoms with Crippen molar-refractivity contribution in [3.63, 3.8) is 0 Å². The average Bonchev–Trinajstić information content (AvgIpc) is 2.73. The molecule has 1 unspecified atom stereocenters. The zero-order chi connectivity index (χ0) is 11.4. The second-order valence-electron chi connectivity index (χ2n) is 3.87. The minimum absolute atomic E-state index is 0.609. The molecule has 1 aromatic heterocycles. The van der Waals surface area contributed by atoms with Crippen LogP contribution >= 0.6 is 23.1 Å². The van der Waals surface area contributed by atoms with Gasteiger partial charge in [0.05, 0.1) is 6.54 Å². The molecule has 1 N–H and O–H groups in total. The summed E-state index contributed by atoms with van der Waals surface area (Å²) in [5.41, 5.74) is 0. The molecule has 1 aliphatic rings. The van der Waals surface area contributed by atoms with Crippen molar-refractivity contribution in [1.82, 2.24) is 10.3 Å². The molecule has 16 heavy (non-hydrogen) atoms. The lowest BCUT2D eigenvalue weighted by Crippen LogP contribution is -2.37. The number of aryl methyl sites for hydroxylation is 1. The van der Waals surface area contributed by atoms with Gasteiger partial charge in [0.2, 0.25) is 0 Å². The Morgan fingerprint density at radius 3 is 3.19 bits per heavy atom. The summed E-state index contributed by atoms with van der Waals surface area (Å²) in [5, 5.41) is 5.66. The zero-order valence-electron chi connectivity index (χ0n) is 9.69. The van der Waals surface area contributed by atoms with E-state index in [1.165, 1.54) is 23.5 Å². The van der Waals surface area contributed by atoms with E-state index < -0.39 is 0 Å². The van der Waals surface area contributed by atoms with Gasteiger partial charge in [0.25, 0.3) is 0 Å². The molecule has 1 aromatic rings. The Balaban J connectivity index is 1.91. The molecule has 2 rings (SSSR count). The summed E-state index contributed by atoms with van der Waals surface area (Å²) in [4.78, 5) is 10.2. The van der Waals surface area contributed by atoms with Gasteiger partial charge in [0.1, 0.15) is 5.01 Å². The van der Waals surface area contributed by atoms with E-state index in [0.29, 0.717) is 12.6 Å². The van der Waals surface area contributed by atoms with Gasteiger partial charge in [0.15, 0.2) is 5.17 Å². The highest BCUT2D eigenvalue weighted by atomic mass is 32.2. The lowest BCUT2D eigenvalue weighted by molar-refractivity contribution is 0.570. The van der Waals surface area contributed by atoms with Crippen molar-refractivity contribution in [1.29, 1.82) is 0 Å². The molecule has 0 aromatic carbocycles. The molecule has 1 fully saturated rings. The predicted molar refractivity (Wildman–Crippen MR) is 72.3 cm³/mol. The number of nitrogens with one attached hydrogen (secondary N) is 1. The van der Waals surface area contributed by atoms with E-state index in [-0.39, 0.29) is 0 Å². The summed E-state index contributed by atoms with van der Waals surface area (Å²) >= 11 is 3.55. The third-order valence-electron chi connectivity index (χ3n) is 2.55. The second-order valence-corrected chi connectivity index (χ2v) is 6.28. The third kappa shape index (κ3) is 3.22. The van der Waals surface area contributed by atoms with E-state index in [1.807, 2.05) is 18.0 Å². The van der Waals surface area contributed by atoms with Crippen LogP contribution < -0.4 is 5.32 Å². The van der Waals surface area contributed by atoms with E-state index in [4.69, 9.17) is 0 Å². The maximum absolute atomic E-state index is 4.58. The van der Waals surface area contributed by atoms with Gasteiger partial charge in [-0.3, -0.25) is 4.99 Å². The molecule has 0 bridgehead atoms. The number of thioether (sulfide) groups is 1. The summed E-state index contributed by atoms with van der Waals surface area (Å²) in [7, 11) is 0. The number of nitrogens with zero attached hydrogens (tertiary/aromatic N) is 2. The Bertz CT molecular complexity index is 373. The van der Waals surface area contributed by atoms with Gasteiger partial charge in [-0.2, -0.15) is 0 Å². The summed E-state index contributed by atoms with van der Waals surface area (Å²) < 4.78 is 0. The highest BCUT2D eigenvalue weighted by molar-refractivity contribution is 8.13. The molecule has 0 radical (unpaired) electrons. The van der Waals surface area contributed by atoms with Crippen molar-refractivity contribution >= 4 is 28.3 Å². The van der Waals surface area contributed by atoms with E-state index in [2.05, 4.69) is 29.1 Å². The number of aromatic nitrogens is 1. The molecule has 1 saturated heterocycles. The SMILES string of the molecule is CCC1CCSC(=NCc2ncc(C)s2)N1. The fourth-order valence-electron chi connectivity index (χ4n) is 1.60. The van der Waals surface area contributed by atoms with Gasteiger partial charge in [-0.05, 0) is 19.8 Å². The number of amidine groups is 1. The number of rotatable bonds is 3. The topological polar surface area (TPSA) is 37.3 Å². The maximum atomic E-state index is 4.58. The first-order valence-electron chi connectivity index (χ1n) is 5.63. The smallest absolute Gasteiger partial charge is 0.157 e. The first-order valence-corrected chi connectivity index (χ1v) is 7.43. The molecule has 0 amide bonds. The van der Waals surface area contributed by atoms with Crippen molar-refractivity contribution in [3.05, 3.63) is 16.1 Å². The molecule has 0 spiro atoms. The molecule has 0 saturated carbocycles. The molecular weight excluding hydrogens is 238 g/mol. The van der Waals surface area contributed by atoms with Crippen LogP contribution in [0.5, 0.6) is 0 Å². The van der Waals surface area contributed by atoms with Crippen molar-refractivity contribution < 1.29 is 0 Å². The summed E-state index contributed by atoms with van der Waals surface area (Å²) in [6.07, 6.45) is 4.34. The molecule has 88 valence electrons. The summed E-state index contributed by atoms with van der Waals surface area (Å²) in [6.45, 7) is 5.01. The Hall–Kier alpha value is -0.550. The minimum Gasteiger partial charge on any atom is -0.362 e. The fraction of sp³-hybridized carbons (Fsp3) is 0.636. The van der Waals surface area contributed by atoms with Gasteiger partial charge in [-0.1, -0.05) is 18.7 Å². The van der Waals surface area contributed by atoms with Gasteiger partial charge in [-0.15, -0.1) is 11.3 Å². The molecule has 1 aliphatic heterocycles. The Morgan fingerprint density at radius 1 is 1.62 bits per heavy atom. The summed E-state index contributed by atoms with van der Waals surface area (Å²) in [5.74, 6) is 1.18. The largest absolute Gasteiger partial charge is 0.362 e. The molecule has 2 heterocycles. The van der Waals surface area contributed by atoms with Crippen LogP contribution in [0.25, 0.3) is 0 Å². The Morgan fingerprint density at radius 2 is 2.50 bits per heavy atom. The van der Waals surface area contributed by atoms with Crippen molar-refractivity contribution in [3.8, 4) is 0 Å². The second kappa shape index (κ2) is 5.68. The van der Waals surface area contributed by atoms with Crippen molar-refractivity contribution in [2.45, 2.75) is 39.3 Å². The van der Waals surface area contributed by atoms with Gasteiger partial charge < -0.3 is 5.32 Å². The lowest BCUT2D eigenvalue weighted by Gasteiger charge is -2.24. The first kappa shape index (κ1) is 11.9. The average molecular weight is 255 g/mol. The normalized spacial score (nSPS) is 23.4. The van der Waals surface area contributed by atoms with Gasteiger partial charge in [0, 0.05) is 22.9 Å². The first-order chi connectivity index (χ1) is 7.78.